The predicted molar refractivity (Wildman–Crippen MR) is 169 cm³/mol. The van der Waals surface area contributed by atoms with Crippen molar-refractivity contribution in [1.29, 1.82) is 0 Å². The van der Waals surface area contributed by atoms with Gasteiger partial charge in [-0.25, -0.2) is 4.99 Å². The maximum Gasteiger partial charge on any atom is 0.153 e. The van der Waals surface area contributed by atoms with Crippen molar-refractivity contribution in [2.45, 2.75) is 25.8 Å². The van der Waals surface area contributed by atoms with Gasteiger partial charge in [0.1, 0.15) is 5.82 Å². The first-order valence-electron chi connectivity index (χ1n) is 15.0. The van der Waals surface area contributed by atoms with Gasteiger partial charge in [-0.15, -0.1) is 0 Å². The Morgan fingerprint density at radius 1 is 1.00 bits per heavy atom. The van der Waals surface area contributed by atoms with E-state index in [9.17, 15) is 0 Å². The van der Waals surface area contributed by atoms with Crippen LogP contribution in [0.1, 0.15) is 28.9 Å². The summed E-state index contributed by atoms with van der Waals surface area (Å²) in [6, 6.07) is 10.7. The molecule has 10 heteroatoms. The van der Waals surface area contributed by atoms with Gasteiger partial charge < -0.3 is 10.1 Å². The lowest BCUT2D eigenvalue weighted by Gasteiger charge is -2.26. The first-order valence-corrected chi connectivity index (χ1v) is 15.0. The number of fused-ring (bicyclic) bond motifs is 2. The molecule has 0 atom stereocenters. The molecule has 0 bridgehead atoms. The van der Waals surface area contributed by atoms with E-state index in [1.165, 1.54) is 33.5 Å². The summed E-state index contributed by atoms with van der Waals surface area (Å²) in [5.41, 5.74) is 9.62. The van der Waals surface area contributed by atoms with Crippen LogP contribution in [0.4, 0.5) is 5.82 Å². The van der Waals surface area contributed by atoms with Crippen molar-refractivity contribution in [3.05, 3.63) is 101 Å². The van der Waals surface area contributed by atoms with E-state index in [4.69, 9.17) is 14.8 Å². The van der Waals surface area contributed by atoms with Crippen LogP contribution < -0.4 is 5.32 Å². The van der Waals surface area contributed by atoms with E-state index in [0.717, 1.165) is 81.6 Å². The molecule has 0 radical (unpaired) electrons. The van der Waals surface area contributed by atoms with Crippen LogP contribution in [0.3, 0.4) is 0 Å². The standard InChI is InChI=1S/C33H37N9O/c1-39-12-11-32(38-39)36-31-8-4-7-28-26(21-34-31)9-10-29-33(28)30(40(2)37-29)20-24-5-3-6-25(19-24)27-22-35-42(23-27)14-13-41-15-17-43-18-16-41/h3-8,11-12,19,21-23H,9-10,13-18,20H2,1-2H3,(H,34,36,38). The monoisotopic (exact) mass is 575 g/mol. The van der Waals surface area contributed by atoms with Crippen molar-refractivity contribution < 1.29 is 4.74 Å². The van der Waals surface area contributed by atoms with Crippen molar-refractivity contribution in [3.8, 4) is 11.1 Å². The number of nitrogens with zero attached hydrogens (tertiary/aromatic N) is 8. The van der Waals surface area contributed by atoms with Gasteiger partial charge in [-0.3, -0.25) is 18.9 Å². The maximum atomic E-state index is 5.47. The van der Waals surface area contributed by atoms with Crippen LogP contribution >= 0.6 is 0 Å². The number of aliphatic imine (C=N–C) groups is 1. The van der Waals surface area contributed by atoms with Crippen molar-refractivity contribution in [2.75, 3.05) is 38.2 Å². The molecule has 43 heavy (non-hydrogen) atoms. The van der Waals surface area contributed by atoms with E-state index < -0.39 is 0 Å². The number of anilines is 1. The number of aryl methyl sites for hydroxylation is 3. The lowest BCUT2D eigenvalue weighted by molar-refractivity contribution is 0.0360. The summed E-state index contributed by atoms with van der Waals surface area (Å²) in [5, 5.41) is 17.3. The Hall–Kier alpha value is -4.54. The molecule has 3 aliphatic rings. The Balaban J connectivity index is 1.09. The van der Waals surface area contributed by atoms with Gasteiger partial charge in [0.05, 0.1) is 37.3 Å². The molecular formula is C33H37N9O. The zero-order chi connectivity index (χ0) is 29.2. The van der Waals surface area contributed by atoms with Crippen molar-refractivity contribution in [3.63, 3.8) is 0 Å². The van der Waals surface area contributed by atoms with Gasteiger partial charge in [0, 0.05) is 76.0 Å². The van der Waals surface area contributed by atoms with Crippen LogP contribution in [0.2, 0.25) is 0 Å². The van der Waals surface area contributed by atoms with Gasteiger partial charge in [-0.05, 0) is 41.2 Å². The minimum Gasteiger partial charge on any atom is -0.379 e. The summed E-state index contributed by atoms with van der Waals surface area (Å²) >= 11 is 0. The topological polar surface area (TPSA) is 90.3 Å². The fourth-order valence-electron chi connectivity index (χ4n) is 6.05. The number of ether oxygens (including phenoxy) is 1. The Morgan fingerprint density at radius 2 is 1.91 bits per heavy atom. The normalized spacial score (nSPS) is 19.6. The maximum absolute atomic E-state index is 5.47. The lowest BCUT2D eigenvalue weighted by atomic mass is 9.86. The molecule has 5 heterocycles. The van der Waals surface area contributed by atoms with Crippen LogP contribution in [-0.4, -0.2) is 73.3 Å². The third-order valence-electron chi connectivity index (χ3n) is 8.35. The number of allylic oxidation sites excluding steroid dienone is 5. The number of benzene rings is 1. The fraction of sp³-hybridized carbons (Fsp3) is 0.333. The predicted octanol–water partition coefficient (Wildman–Crippen LogP) is 4.23. The molecule has 7 rings (SSSR count). The van der Waals surface area contributed by atoms with Gasteiger partial charge in [0.25, 0.3) is 0 Å². The number of nitrogens with one attached hydrogen (secondary N) is 1. The van der Waals surface area contributed by atoms with Crippen molar-refractivity contribution >= 4 is 17.6 Å². The Labute approximate surface area is 251 Å². The average molecular weight is 576 g/mol. The molecule has 0 amide bonds. The largest absolute Gasteiger partial charge is 0.379 e. The van der Waals surface area contributed by atoms with E-state index >= 15 is 0 Å². The average Bonchev–Trinajstić information content (AvgIpc) is 3.73. The highest BCUT2D eigenvalue weighted by Gasteiger charge is 2.25. The summed E-state index contributed by atoms with van der Waals surface area (Å²) in [5.74, 6) is 1.54. The van der Waals surface area contributed by atoms with E-state index in [0.29, 0.717) is 0 Å². The first-order chi connectivity index (χ1) is 21.1. The first kappa shape index (κ1) is 27.3. The number of rotatable bonds is 8. The highest BCUT2D eigenvalue weighted by atomic mass is 16.5. The minimum atomic E-state index is 0.764. The summed E-state index contributed by atoms with van der Waals surface area (Å²) in [6.07, 6.45) is 16.9. The molecule has 2 aliphatic heterocycles. The van der Waals surface area contributed by atoms with Gasteiger partial charge in [-0.1, -0.05) is 36.4 Å². The summed E-state index contributed by atoms with van der Waals surface area (Å²) in [6.45, 7) is 5.50. The van der Waals surface area contributed by atoms with Gasteiger partial charge in [0.15, 0.2) is 5.82 Å². The van der Waals surface area contributed by atoms with Crippen LogP contribution in [0.15, 0.2) is 83.5 Å². The quantitative estimate of drug-likeness (QED) is 0.338. The second-order valence-corrected chi connectivity index (χ2v) is 11.3. The fourth-order valence-corrected chi connectivity index (χ4v) is 6.05. The van der Waals surface area contributed by atoms with Crippen molar-refractivity contribution in [1.82, 2.24) is 34.2 Å². The SMILES string of the molecule is Cn1ccc(NC2=C/C=C/C3=C(/C=N\2)CCc2nn(C)c(Cc4cccc(-c5cnn(CCN6CCOCC6)c5)c4)c23)n1. The van der Waals surface area contributed by atoms with Crippen molar-refractivity contribution in [2.24, 2.45) is 19.1 Å². The molecule has 220 valence electrons. The Morgan fingerprint density at radius 3 is 2.77 bits per heavy atom. The molecule has 3 aromatic heterocycles. The molecule has 1 aromatic carbocycles. The zero-order valence-corrected chi connectivity index (χ0v) is 24.8. The molecular weight excluding hydrogens is 538 g/mol. The molecule has 10 nitrogen and oxygen atoms in total. The lowest BCUT2D eigenvalue weighted by Crippen LogP contribution is -2.38. The molecule has 0 spiro atoms. The van der Waals surface area contributed by atoms with Gasteiger partial charge >= 0.3 is 0 Å². The number of hydrogen-bond acceptors (Lipinski definition) is 7. The van der Waals surface area contributed by atoms with Crippen LogP contribution in [0.25, 0.3) is 16.7 Å². The minimum absolute atomic E-state index is 0.764. The van der Waals surface area contributed by atoms with E-state index in [1.807, 2.05) is 37.8 Å². The highest BCUT2D eigenvalue weighted by Crippen LogP contribution is 2.36. The summed E-state index contributed by atoms with van der Waals surface area (Å²) in [4.78, 5) is 7.21. The number of hydrogen-bond donors (Lipinski definition) is 1. The smallest absolute Gasteiger partial charge is 0.153 e. The van der Waals surface area contributed by atoms with E-state index in [-0.39, 0.29) is 0 Å². The number of aromatic nitrogens is 6. The van der Waals surface area contributed by atoms with E-state index in [2.05, 4.69) is 79.4 Å². The van der Waals surface area contributed by atoms with Crippen LogP contribution in [0.5, 0.6) is 0 Å². The van der Waals surface area contributed by atoms with Gasteiger partial charge in [-0.2, -0.15) is 15.3 Å². The summed E-state index contributed by atoms with van der Waals surface area (Å²) < 4.78 is 11.4. The third kappa shape index (κ3) is 6.02. The molecule has 1 N–H and O–H groups in total. The molecule has 0 saturated carbocycles. The Bertz CT molecular complexity index is 1740. The molecule has 1 saturated heterocycles. The summed E-state index contributed by atoms with van der Waals surface area (Å²) in [7, 11) is 3.97. The Kier molecular flexibility index (Phi) is 7.61. The van der Waals surface area contributed by atoms with Crippen LogP contribution in [0, 0.1) is 0 Å². The molecule has 1 fully saturated rings. The molecule has 1 aliphatic carbocycles. The highest BCUT2D eigenvalue weighted by molar-refractivity contribution is 5.97. The third-order valence-corrected chi connectivity index (χ3v) is 8.35. The van der Waals surface area contributed by atoms with E-state index in [1.54, 1.807) is 4.68 Å². The van der Waals surface area contributed by atoms with Gasteiger partial charge in [0.2, 0.25) is 0 Å². The van der Waals surface area contributed by atoms with Crippen LogP contribution in [-0.2, 0) is 38.2 Å². The number of morpholine rings is 1. The second kappa shape index (κ2) is 12.0. The molecule has 4 aromatic rings. The zero-order valence-electron chi connectivity index (χ0n) is 24.8. The molecule has 0 unspecified atom stereocenters. The second-order valence-electron chi connectivity index (χ2n) is 11.3.